The molecule has 2 aromatic rings. The summed E-state index contributed by atoms with van der Waals surface area (Å²) in [7, 11) is -3.19. The fourth-order valence-corrected chi connectivity index (χ4v) is 4.63. The molecule has 0 heterocycles. The number of hydrogen-bond donors (Lipinski definition) is 0. The average Bonchev–Trinajstić information content (AvgIpc) is 2.68. The van der Waals surface area contributed by atoms with Crippen LogP contribution in [-0.4, -0.2) is 16.1 Å². The maximum absolute atomic E-state index is 3.71. The zero-order valence-electron chi connectivity index (χ0n) is 25.0. The van der Waals surface area contributed by atoms with Crippen LogP contribution in [0, 0.1) is 22.9 Å². The fourth-order valence-electron chi connectivity index (χ4n) is 3.27. The van der Waals surface area contributed by atoms with Crippen LogP contribution in [0.1, 0.15) is 84.6 Å². The third kappa shape index (κ3) is 8.27. The maximum atomic E-state index is 3.71. The summed E-state index contributed by atoms with van der Waals surface area (Å²) in [5.41, 5.74) is 14.8. The lowest BCUT2D eigenvalue weighted by atomic mass is 9.79. The first kappa shape index (κ1) is 29.2. The molecular formula is C33H48Si2. The lowest BCUT2D eigenvalue weighted by molar-refractivity contribution is 0.569. The SMILES string of the molecule is CC(C)(C)c1cc(-c2cc(C#C[Si](C)(C)C)cc(C#C[Si](C)(C)C(C)(C)C)c2)cc(C(C)(C)C)c1. The second kappa shape index (κ2) is 9.80. The number of hydrogen-bond acceptors (Lipinski definition) is 0. The maximum Gasteiger partial charge on any atom is 0.138 e. The Bertz CT molecular complexity index is 1160. The van der Waals surface area contributed by atoms with Gasteiger partial charge in [-0.05, 0) is 56.3 Å². The van der Waals surface area contributed by atoms with E-state index in [1.165, 1.54) is 22.3 Å². The molecule has 2 heteroatoms. The minimum Gasteiger partial charge on any atom is -0.127 e. The topological polar surface area (TPSA) is 0 Å². The molecule has 0 aliphatic carbocycles. The Hall–Kier alpha value is -2.01. The van der Waals surface area contributed by atoms with Crippen molar-refractivity contribution in [2.24, 2.45) is 0 Å². The quantitative estimate of drug-likeness (QED) is 0.270. The second-order valence-corrected chi connectivity index (χ2v) is 24.5. The van der Waals surface area contributed by atoms with Gasteiger partial charge in [-0.3, -0.25) is 0 Å². The van der Waals surface area contributed by atoms with Gasteiger partial charge in [-0.25, -0.2) is 0 Å². The Morgan fingerprint density at radius 3 is 1.29 bits per heavy atom. The van der Waals surface area contributed by atoms with Gasteiger partial charge in [0.05, 0.1) is 0 Å². The average molecular weight is 501 g/mol. The van der Waals surface area contributed by atoms with Gasteiger partial charge >= 0.3 is 0 Å². The predicted octanol–water partition coefficient (Wildman–Crippen LogP) is 9.58. The van der Waals surface area contributed by atoms with E-state index in [0.29, 0.717) is 0 Å². The summed E-state index contributed by atoms with van der Waals surface area (Å²) in [5, 5.41) is 0.237. The molecule has 0 unspecified atom stereocenters. The highest BCUT2D eigenvalue weighted by Gasteiger charge is 2.33. The predicted molar refractivity (Wildman–Crippen MR) is 164 cm³/mol. The third-order valence-corrected chi connectivity index (χ3v) is 12.3. The van der Waals surface area contributed by atoms with E-state index < -0.39 is 16.1 Å². The normalized spacial score (nSPS) is 13.0. The van der Waals surface area contributed by atoms with E-state index in [9.17, 15) is 0 Å². The molecule has 0 spiro atoms. The molecule has 188 valence electrons. The van der Waals surface area contributed by atoms with E-state index in [0.717, 1.165) is 11.1 Å². The van der Waals surface area contributed by atoms with Gasteiger partial charge in [-0.15, -0.1) is 11.1 Å². The fraction of sp³-hybridized carbons (Fsp3) is 0.515. The number of rotatable bonds is 1. The zero-order chi connectivity index (χ0) is 27.0. The largest absolute Gasteiger partial charge is 0.138 e. The van der Waals surface area contributed by atoms with Gasteiger partial charge in [0.15, 0.2) is 0 Å². The minimum atomic E-state index is -1.71. The van der Waals surface area contributed by atoms with Crippen molar-refractivity contribution in [2.75, 3.05) is 0 Å². The summed E-state index contributed by atoms with van der Waals surface area (Å²) in [6, 6.07) is 13.8. The lowest BCUT2D eigenvalue weighted by Crippen LogP contribution is -2.35. The first-order valence-corrected chi connectivity index (χ1v) is 19.5. The van der Waals surface area contributed by atoms with Crippen molar-refractivity contribution in [3.63, 3.8) is 0 Å². The van der Waals surface area contributed by atoms with Crippen LogP contribution < -0.4 is 0 Å². The molecule has 0 aliphatic rings. The second-order valence-electron chi connectivity index (χ2n) is 14.7. The summed E-state index contributed by atoms with van der Waals surface area (Å²) in [6.45, 7) is 32.4. The van der Waals surface area contributed by atoms with Crippen molar-refractivity contribution in [1.29, 1.82) is 0 Å². The van der Waals surface area contributed by atoms with Gasteiger partial charge in [0.2, 0.25) is 0 Å². The van der Waals surface area contributed by atoms with Gasteiger partial charge in [-0.1, -0.05) is 125 Å². The Morgan fingerprint density at radius 2 is 0.914 bits per heavy atom. The first-order chi connectivity index (χ1) is 15.6. The summed E-state index contributed by atoms with van der Waals surface area (Å²) in [5.74, 6) is 7.09. The van der Waals surface area contributed by atoms with E-state index in [4.69, 9.17) is 0 Å². The molecule has 2 rings (SSSR count). The van der Waals surface area contributed by atoms with Crippen LogP contribution in [0.3, 0.4) is 0 Å². The molecule has 0 saturated carbocycles. The standard InChI is InChI=1S/C33H48Si2/c1-31(2,3)29-22-28(23-30(24-29)32(4,5)6)27-20-25(15-17-34(10,11)12)19-26(21-27)16-18-35(13,14)33(7,8)9/h19-24H,1-14H3. The van der Waals surface area contributed by atoms with Crippen molar-refractivity contribution < 1.29 is 0 Å². The molecule has 0 N–H and O–H groups in total. The highest BCUT2D eigenvalue weighted by atomic mass is 28.3. The third-order valence-electron chi connectivity index (χ3n) is 6.91. The molecule has 0 bridgehead atoms. The molecule has 0 amide bonds. The summed E-state index contributed by atoms with van der Waals surface area (Å²) >= 11 is 0. The highest BCUT2D eigenvalue weighted by Crippen LogP contribution is 2.36. The van der Waals surface area contributed by atoms with E-state index in [1.54, 1.807) is 0 Å². The molecule has 0 atom stereocenters. The summed E-state index contributed by atoms with van der Waals surface area (Å²) in [4.78, 5) is 0. The van der Waals surface area contributed by atoms with Crippen LogP contribution in [0.5, 0.6) is 0 Å². The van der Waals surface area contributed by atoms with E-state index in [2.05, 4.69) is 154 Å². The zero-order valence-corrected chi connectivity index (χ0v) is 27.0. The van der Waals surface area contributed by atoms with Crippen LogP contribution >= 0.6 is 0 Å². The van der Waals surface area contributed by atoms with Gasteiger partial charge in [0.1, 0.15) is 16.1 Å². The molecule has 0 aliphatic heterocycles. The molecule has 0 aromatic heterocycles. The van der Waals surface area contributed by atoms with Gasteiger partial charge in [0.25, 0.3) is 0 Å². The van der Waals surface area contributed by atoms with Crippen LogP contribution in [0.25, 0.3) is 11.1 Å². The van der Waals surface area contributed by atoms with Crippen LogP contribution in [0.4, 0.5) is 0 Å². The van der Waals surface area contributed by atoms with Crippen LogP contribution in [0.2, 0.25) is 37.8 Å². The molecule has 0 nitrogen and oxygen atoms in total. The van der Waals surface area contributed by atoms with Gasteiger partial charge in [-0.2, -0.15) is 0 Å². The van der Waals surface area contributed by atoms with Crippen LogP contribution in [0.15, 0.2) is 36.4 Å². The Balaban J connectivity index is 2.82. The Labute approximate surface area is 219 Å². The van der Waals surface area contributed by atoms with Crippen molar-refractivity contribution in [1.82, 2.24) is 0 Å². The molecule has 0 radical (unpaired) electrons. The molecule has 0 saturated heterocycles. The van der Waals surface area contributed by atoms with Gasteiger partial charge < -0.3 is 0 Å². The minimum absolute atomic E-state index is 0.0796. The van der Waals surface area contributed by atoms with Crippen molar-refractivity contribution in [3.05, 3.63) is 58.7 Å². The lowest BCUT2D eigenvalue weighted by Gasteiger charge is -2.31. The Morgan fingerprint density at radius 1 is 0.514 bits per heavy atom. The highest BCUT2D eigenvalue weighted by molar-refractivity contribution is 6.87. The molecular weight excluding hydrogens is 453 g/mol. The van der Waals surface area contributed by atoms with Crippen molar-refractivity contribution in [2.45, 2.75) is 111 Å². The van der Waals surface area contributed by atoms with Gasteiger partial charge in [0, 0.05) is 11.1 Å². The van der Waals surface area contributed by atoms with E-state index in [1.807, 2.05) is 0 Å². The summed E-state index contributed by atoms with van der Waals surface area (Å²) < 4.78 is 0. The molecule has 0 fully saturated rings. The smallest absolute Gasteiger partial charge is 0.127 e. The van der Waals surface area contributed by atoms with Crippen molar-refractivity contribution in [3.8, 4) is 34.1 Å². The monoisotopic (exact) mass is 500 g/mol. The Kier molecular flexibility index (Phi) is 8.19. The van der Waals surface area contributed by atoms with Crippen LogP contribution in [-0.2, 0) is 10.8 Å². The summed E-state index contributed by atoms with van der Waals surface area (Å²) in [6.07, 6.45) is 0. The molecule has 35 heavy (non-hydrogen) atoms. The molecule has 2 aromatic carbocycles. The van der Waals surface area contributed by atoms with Crippen molar-refractivity contribution >= 4 is 16.1 Å². The van der Waals surface area contributed by atoms with E-state index in [-0.39, 0.29) is 15.9 Å². The van der Waals surface area contributed by atoms with E-state index >= 15 is 0 Å². The first-order valence-electron chi connectivity index (χ1n) is 13.0. The number of benzene rings is 2.